The lowest BCUT2D eigenvalue weighted by Crippen LogP contribution is -2.48. The molecule has 2 saturated carbocycles. The molecule has 2 aliphatic carbocycles. The number of nitrogens with zero attached hydrogens (tertiary/aromatic N) is 2. The number of pyridine rings is 2. The summed E-state index contributed by atoms with van der Waals surface area (Å²) >= 11 is 0. The van der Waals surface area contributed by atoms with Crippen molar-refractivity contribution in [1.29, 1.82) is 0 Å². The maximum atomic E-state index is 12.7. The number of carbonyl (C=O) groups is 2. The lowest BCUT2D eigenvalue weighted by Gasteiger charge is -2.47. The van der Waals surface area contributed by atoms with Crippen LogP contribution in [0.2, 0.25) is 0 Å². The standard InChI is InChI=1S/C28H33N3O4/c1-3-34-28(33)31-21-10-11-22-19(14-21)15-24-26(17(2)35-27(24)32)23(22)12-9-20-8-7-18(16-30-20)25-6-4-5-13-29-25/h4-9,12-13,16-17,19,21-24,26H,3,10-11,14-15H2,1-2H3,(H,31,33)/b12-9+/t17-,19?,21-,22?,23+,24-,26+/m1/s1. The Morgan fingerprint density at radius 3 is 2.83 bits per heavy atom. The highest BCUT2D eigenvalue weighted by Crippen LogP contribution is 2.53. The number of alkyl carbamates (subject to hydrolysis) is 1. The van der Waals surface area contributed by atoms with Gasteiger partial charge in [-0.2, -0.15) is 0 Å². The average molecular weight is 476 g/mol. The van der Waals surface area contributed by atoms with Crippen LogP contribution < -0.4 is 5.32 Å². The molecule has 2 aromatic rings. The Balaban J connectivity index is 1.34. The fraction of sp³-hybridized carbons (Fsp3) is 0.500. The summed E-state index contributed by atoms with van der Waals surface area (Å²) < 4.78 is 10.8. The van der Waals surface area contributed by atoms with Crippen LogP contribution in [0.25, 0.3) is 17.3 Å². The quantitative estimate of drug-likeness (QED) is 0.620. The van der Waals surface area contributed by atoms with Crippen LogP contribution in [-0.2, 0) is 14.3 Å². The van der Waals surface area contributed by atoms with Crippen LogP contribution in [0.5, 0.6) is 0 Å². The first-order valence-electron chi connectivity index (χ1n) is 12.7. The van der Waals surface area contributed by atoms with Crippen LogP contribution in [0.15, 0.2) is 48.8 Å². The van der Waals surface area contributed by atoms with Gasteiger partial charge in [0.2, 0.25) is 0 Å². The van der Waals surface area contributed by atoms with Gasteiger partial charge in [0.05, 0.1) is 23.9 Å². The largest absolute Gasteiger partial charge is 0.462 e. The fourth-order valence-corrected chi connectivity index (χ4v) is 6.48. The van der Waals surface area contributed by atoms with E-state index >= 15 is 0 Å². The van der Waals surface area contributed by atoms with Gasteiger partial charge in [-0.1, -0.05) is 12.1 Å². The highest BCUT2D eigenvalue weighted by atomic mass is 16.6. The Bertz CT molecular complexity index is 1070. The molecule has 0 radical (unpaired) electrons. The summed E-state index contributed by atoms with van der Waals surface area (Å²) in [5.74, 6) is 1.09. The minimum atomic E-state index is -0.352. The molecule has 0 spiro atoms. The second-order valence-electron chi connectivity index (χ2n) is 9.98. The van der Waals surface area contributed by atoms with E-state index in [0.29, 0.717) is 18.4 Å². The number of hydrogen-bond acceptors (Lipinski definition) is 6. The molecule has 1 amide bonds. The summed E-state index contributed by atoms with van der Waals surface area (Å²) in [5, 5.41) is 3.01. The number of ether oxygens (including phenoxy) is 2. The molecular weight excluding hydrogens is 442 g/mol. The van der Waals surface area contributed by atoms with Crippen molar-refractivity contribution in [2.75, 3.05) is 6.61 Å². The van der Waals surface area contributed by atoms with Crippen molar-refractivity contribution in [2.24, 2.45) is 29.6 Å². The minimum absolute atomic E-state index is 0.0716. The van der Waals surface area contributed by atoms with Crippen molar-refractivity contribution in [1.82, 2.24) is 15.3 Å². The van der Waals surface area contributed by atoms with E-state index in [1.165, 1.54) is 0 Å². The summed E-state index contributed by atoms with van der Waals surface area (Å²) in [6.07, 6.45) is 11.2. The third-order valence-corrected chi connectivity index (χ3v) is 7.98. The Morgan fingerprint density at radius 2 is 2.09 bits per heavy atom. The molecule has 1 saturated heterocycles. The van der Waals surface area contributed by atoms with Crippen LogP contribution in [0.1, 0.15) is 45.2 Å². The molecule has 7 atom stereocenters. The third-order valence-electron chi connectivity index (χ3n) is 7.98. The van der Waals surface area contributed by atoms with Crippen LogP contribution in [0.4, 0.5) is 4.79 Å². The maximum absolute atomic E-state index is 12.7. The molecule has 3 fully saturated rings. The summed E-state index contributed by atoms with van der Waals surface area (Å²) in [6, 6.07) is 9.98. The van der Waals surface area contributed by atoms with E-state index in [0.717, 1.165) is 42.6 Å². The molecule has 0 aromatic carbocycles. The fourth-order valence-electron chi connectivity index (χ4n) is 6.48. The SMILES string of the molecule is CCOC(=O)N[C@@H]1CCC2C(C1)C[C@H]1C(=O)O[C@H](C)[C@H]1[C@H]2/C=C/c1ccc(-c2ccccn2)cn1. The molecule has 184 valence electrons. The Kier molecular flexibility index (Phi) is 6.84. The van der Waals surface area contributed by atoms with E-state index in [1.807, 2.05) is 50.4 Å². The van der Waals surface area contributed by atoms with Gasteiger partial charge in [0, 0.05) is 29.9 Å². The van der Waals surface area contributed by atoms with Gasteiger partial charge < -0.3 is 14.8 Å². The van der Waals surface area contributed by atoms with Crippen LogP contribution in [0.3, 0.4) is 0 Å². The summed E-state index contributed by atoms with van der Waals surface area (Å²) in [4.78, 5) is 33.7. The topological polar surface area (TPSA) is 90.4 Å². The van der Waals surface area contributed by atoms with Crippen molar-refractivity contribution in [3.63, 3.8) is 0 Å². The van der Waals surface area contributed by atoms with Crippen LogP contribution >= 0.6 is 0 Å². The molecule has 7 nitrogen and oxygen atoms in total. The Morgan fingerprint density at radius 1 is 1.20 bits per heavy atom. The predicted octanol–water partition coefficient (Wildman–Crippen LogP) is 4.89. The molecule has 5 rings (SSSR count). The summed E-state index contributed by atoms with van der Waals surface area (Å²) in [7, 11) is 0. The smallest absolute Gasteiger partial charge is 0.407 e. The molecule has 1 N–H and O–H groups in total. The monoisotopic (exact) mass is 475 g/mol. The molecule has 3 heterocycles. The molecular formula is C28H33N3O4. The van der Waals surface area contributed by atoms with E-state index in [9.17, 15) is 9.59 Å². The number of nitrogens with one attached hydrogen (secondary N) is 1. The van der Waals surface area contributed by atoms with Gasteiger partial charge in [-0.3, -0.25) is 14.8 Å². The van der Waals surface area contributed by atoms with Gasteiger partial charge in [0.1, 0.15) is 6.10 Å². The van der Waals surface area contributed by atoms with Crippen molar-refractivity contribution in [3.05, 3.63) is 54.5 Å². The van der Waals surface area contributed by atoms with Crippen molar-refractivity contribution >= 4 is 18.1 Å². The van der Waals surface area contributed by atoms with Gasteiger partial charge in [-0.15, -0.1) is 0 Å². The number of rotatable bonds is 5. The van der Waals surface area contributed by atoms with E-state index < -0.39 is 0 Å². The Hall–Kier alpha value is -3.22. The second-order valence-corrected chi connectivity index (χ2v) is 9.98. The van der Waals surface area contributed by atoms with E-state index in [1.54, 1.807) is 6.20 Å². The zero-order valence-electron chi connectivity index (χ0n) is 20.3. The molecule has 0 bridgehead atoms. The maximum Gasteiger partial charge on any atom is 0.407 e. The van der Waals surface area contributed by atoms with Crippen molar-refractivity contribution < 1.29 is 19.1 Å². The summed E-state index contributed by atoms with van der Waals surface area (Å²) in [6.45, 7) is 4.20. The highest BCUT2D eigenvalue weighted by molar-refractivity contribution is 5.75. The van der Waals surface area contributed by atoms with Crippen LogP contribution in [0, 0.1) is 29.6 Å². The van der Waals surface area contributed by atoms with Gasteiger partial charge in [-0.25, -0.2) is 4.79 Å². The molecule has 7 heteroatoms. The number of allylic oxidation sites excluding steroid dienone is 1. The average Bonchev–Trinajstić information content (AvgIpc) is 3.15. The van der Waals surface area contributed by atoms with Crippen LogP contribution in [-0.4, -0.2) is 40.8 Å². The van der Waals surface area contributed by atoms with E-state index in [2.05, 4.69) is 27.4 Å². The molecule has 1 aliphatic heterocycles. The number of cyclic esters (lactones) is 1. The van der Waals surface area contributed by atoms with Crippen molar-refractivity contribution in [2.45, 2.75) is 51.7 Å². The van der Waals surface area contributed by atoms with Gasteiger partial charge in [0.15, 0.2) is 0 Å². The Labute approximate surface area is 206 Å². The van der Waals surface area contributed by atoms with Crippen molar-refractivity contribution in [3.8, 4) is 11.3 Å². The number of fused-ring (bicyclic) bond motifs is 2. The summed E-state index contributed by atoms with van der Waals surface area (Å²) in [5.41, 5.74) is 2.77. The first-order chi connectivity index (χ1) is 17.0. The lowest BCUT2D eigenvalue weighted by atomic mass is 9.57. The first-order valence-corrected chi connectivity index (χ1v) is 12.7. The number of esters is 1. The van der Waals surface area contributed by atoms with Gasteiger partial charge in [0.25, 0.3) is 0 Å². The minimum Gasteiger partial charge on any atom is -0.462 e. The molecule has 2 unspecified atom stereocenters. The van der Waals surface area contributed by atoms with E-state index in [-0.39, 0.29) is 42.0 Å². The highest BCUT2D eigenvalue weighted by Gasteiger charge is 2.54. The number of carbonyl (C=O) groups excluding carboxylic acids is 2. The number of aromatic nitrogens is 2. The third kappa shape index (κ3) is 4.95. The van der Waals surface area contributed by atoms with E-state index in [4.69, 9.17) is 9.47 Å². The van der Waals surface area contributed by atoms with Gasteiger partial charge >= 0.3 is 12.1 Å². The molecule has 2 aromatic heterocycles. The van der Waals surface area contributed by atoms with Gasteiger partial charge in [-0.05, 0) is 87.6 Å². The molecule has 35 heavy (non-hydrogen) atoms. The number of amides is 1. The zero-order chi connectivity index (χ0) is 24.4. The first kappa shape index (κ1) is 23.5. The second kappa shape index (κ2) is 10.2. The normalized spacial score (nSPS) is 31.9. The zero-order valence-corrected chi connectivity index (χ0v) is 20.3. The predicted molar refractivity (Wildman–Crippen MR) is 132 cm³/mol. The molecule has 3 aliphatic rings. The number of hydrogen-bond donors (Lipinski definition) is 1. The lowest BCUT2D eigenvalue weighted by molar-refractivity contribution is -0.144.